The number of anilines is 1. The van der Waals surface area contributed by atoms with Crippen LogP contribution in [0.2, 0.25) is 0 Å². The zero-order valence-electron chi connectivity index (χ0n) is 8.41. The van der Waals surface area contributed by atoms with Crippen molar-refractivity contribution < 1.29 is 8.42 Å². The molecule has 1 aromatic carbocycles. The normalized spacial score (nSPS) is 11.6. The summed E-state index contributed by atoms with van der Waals surface area (Å²) in [4.78, 5) is 4.26. The number of nitrogens with two attached hydrogens (primary N) is 1. The number of nitrogens with zero attached hydrogens (tertiary/aromatic N) is 2. The lowest BCUT2D eigenvalue weighted by Gasteiger charge is -2.00. The number of benzene rings is 1. The Labute approximate surface area is 97.0 Å². The summed E-state index contributed by atoms with van der Waals surface area (Å²) in [6.07, 6.45) is 1.17. The van der Waals surface area contributed by atoms with E-state index in [-0.39, 0.29) is 10.8 Å². The Morgan fingerprint density at radius 3 is 2.69 bits per heavy atom. The summed E-state index contributed by atoms with van der Waals surface area (Å²) in [5, 5.41) is 0.614. The summed E-state index contributed by atoms with van der Waals surface area (Å²) < 4.78 is 26.6. The smallest absolute Gasteiger partial charge is 0.232 e. The first-order valence-electron chi connectivity index (χ1n) is 4.36. The topological polar surface area (TPSA) is 85.9 Å². The van der Waals surface area contributed by atoms with Crippen LogP contribution >= 0.6 is 11.5 Å². The van der Waals surface area contributed by atoms with Crippen molar-refractivity contribution in [2.45, 2.75) is 4.90 Å². The van der Waals surface area contributed by atoms with Crippen LogP contribution in [0.1, 0.15) is 0 Å². The molecule has 0 amide bonds. The number of hydrogen-bond donors (Lipinski definition) is 1. The molecule has 16 heavy (non-hydrogen) atoms. The van der Waals surface area contributed by atoms with Gasteiger partial charge < -0.3 is 5.73 Å². The average Bonchev–Trinajstić information content (AvgIpc) is 2.64. The van der Waals surface area contributed by atoms with Gasteiger partial charge in [0.2, 0.25) is 5.95 Å². The SMILES string of the molecule is CS(=O)(=O)c1cccc(-c2nc(N)ns2)c1. The van der Waals surface area contributed by atoms with Gasteiger partial charge in [-0.3, -0.25) is 0 Å². The molecule has 0 saturated carbocycles. The molecule has 0 aliphatic heterocycles. The second-order valence-electron chi connectivity index (χ2n) is 3.26. The van der Waals surface area contributed by atoms with Crippen LogP contribution in [0.4, 0.5) is 5.95 Å². The van der Waals surface area contributed by atoms with Crippen molar-refractivity contribution in [3.8, 4) is 10.6 Å². The third kappa shape index (κ3) is 2.20. The third-order valence-corrected chi connectivity index (χ3v) is 3.84. The summed E-state index contributed by atoms with van der Waals surface area (Å²) in [6, 6.07) is 6.55. The molecule has 0 radical (unpaired) electrons. The molecule has 0 saturated heterocycles. The molecule has 1 aromatic heterocycles. The second kappa shape index (κ2) is 3.84. The molecule has 5 nitrogen and oxygen atoms in total. The second-order valence-corrected chi connectivity index (χ2v) is 6.03. The van der Waals surface area contributed by atoms with Crippen molar-refractivity contribution in [1.82, 2.24) is 9.36 Å². The van der Waals surface area contributed by atoms with E-state index in [0.29, 0.717) is 10.6 Å². The van der Waals surface area contributed by atoms with Gasteiger partial charge in [0, 0.05) is 11.8 Å². The lowest BCUT2D eigenvalue weighted by molar-refractivity contribution is 0.602. The van der Waals surface area contributed by atoms with E-state index in [9.17, 15) is 8.42 Å². The monoisotopic (exact) mass is 255 g/mol. The lowest BCUT2D eigenvalue weighted by Crippen LogP contribution is -1.96. The van der Waals surface area contributed by atoms with Gasteiger partial charge in [0.25, 0.3) is 0 Å². The van der Waals surface area contributed by atoms with Gasteiger partial charge >= 0.3 is 0 Å². The molecule has 0 aliphatic carbocycles. The van der Waals surface area contributed by atoms with E-state index >= 15 is 0 Å². The van der Waals surface area contributed by atoms with Crippen LogP contribution in [-0.4, -0.2) is 24.0 Å². The van der Waals surface area contributed by atoms with E-state index in [4.69, 9.17) is 5.73 Å². The molecular formula is C9H9N3O2S2. The molecule has 2 rings (SSSR count). The summed E-state index contributed by atoms with van der Waals surface area (Å²) in [7, 11) is -3.20. The Bertz CT molecular complexity index is 619. The van der Waals surface area contributed by atoms with Crippen LogP contribution in [0.3, 0.4) is 0 Å². The summed E-state index contributed by atoms with van der Waals surface area (Å²) in [5.74, 6) is 0.199. The van der Waals surface area contributed by atoms with Crippen molar-refractivity contribution >= 4 is 27.3 Å². The van der Waals surface area contributed by atoms with E-state index in [0.717, 1.165) is 11.5 Å². The van der Waals surface area contributed by atoms with E-state index in [1.807, 2.05) is 0 Å². The van der Waals surface area contributed by atoms with Gasteiger partial charge in [-0.05, 0) is 23.7 Å². The molecule has 0 fully saturated rings. The van der Waals surface area contributed by atoms with Gasteiger partial charge in [-0.25, -0.2) is 8.42 Å². The predicted molar refractivity (Wildman–Crippen MR) is 62.9 cm³/mol. The van der Waals surface area contributed by atoms with Crippen molar-refractivity contribution in [1.29, 1.82) is 0 Å². The fourth-order valence-electron chi connectivity index (χ4n) is 1.21. The first-order chi connectivity index (χ1) is 7.47. The molecule has 0 atom stereocenters. The highest BCUT2D eigenvalue weighted by atomic mass is 32.2. The number of hydrogen-bond acceptors (Lipinski definition) is 6. The molecule has 0 bridgehead atoms. The quantitative estimate of drug-likeness (QED) is 0.871. The minimum absolute atomic E-state index is 0.199. The van der Waals surface area contributed by atoms with Crippen LogP contribution in [0.15, 0.2) is 29.2 Å². The van der Waals surface area contributed by atoms with Gasteiger partial charge in [0.05, 0.1) is 4.90 Å². The molecule has 2 aromatic rings. The minimum Gasteiger partial charge on any atom is -0.367 e. The molecule has 7 heteroatoms. The zero-order chi connectivity index (χ0) is 11.8. The predicted octanol–water partition coefficient (Wildman–Crippen LogP) is 1.19. The zero-order valence-corrected chi connectivity index (χ0v) is 10.0. The van der Waals surface area contributed by atoms with E-state index in [2.05, 4.69) is 9.36 Å². The van der Waals surface area contributed by atoms with E-state index < -0.39 is 9.84 Å². The van der Waals surface area contributed by atoms with Gasteiger partial charge in [-0.2, -0.15) is 9.36 Å². The Kier molecular flexibility index (Phi) is 2.64. The molecule has 0 spiro atoms. The van der Waals surface area contributed by atoms with Gasteiger partial charge in [0.1, 0.15) is 5.01 Å². The van der Waals surface area contributed by atoms with Crippen molar-refractivity contribution in [3.05, 3.63) is 24.3 Å². The number of nitrogen functional groups attached to an aromatic ring is 1. The van der Waals surface area contributed by atoms with Gasteiger partial charge in [0.15, 0.2) is 9.84 Å². The molecule has 2 N–H and O–H groups in total. The third-order valence-electron chi connectivity index (χ3n) is 1.95. The van der Waals surface area contributed by atoms with Crippen molar-refractivity contribution in [2.24, 2.45) is 0 Å². The Morgan fingerprint density at radius 1 is 1.38 bits per heavy atom. The highest BCUT2D eigenvalue weighted by Crippen LogP contribution is 2.24. The highest BCUT2D eigenvalue weighted by molar-refractivity contribution is 7.90. The molecule has 84 valence electrons. The largest absolute Gasteiger partial charge is 0.367 e. The lowest BCUT2D eigenvalue weighted by atomic mass is 10.2. The summed E-state index contributed by atoms with van der Waals surface area (Å²) in [5.41, 5.74) is 6.12. The Balaban J connectivity index is 2.52. The van der Waals surface area contributed by atoms with Gasteiger partial charge in [-0.1, -0.05) is 12.1 Å². The van der Waals surface area contributed by atoms with Crippen molar-refractivity contribution in [2.75, 3.05) is 12.0 Å². The molecular weight excluding hydrogens is 246 g/mol. The van der Waals surface area contributed by atoms with Crippen LogP contribution < -0.4 is 5.73 Å². The Morgan fingerprint density at radius 2 is 2.12 bits per heavy atom. The summed E-state index contributed by atoms with van der Waals surface area (Å²) in [6.45, 7) is 0. The highest BCUT2D eigenvalue weighted by Gasteiger charge is 2.10. The maximum atomic E-state index is 11.4. The fourth-order valence-corrected chi connectivity index (χ4v) is 2.47. The van der Waals surface area contributed by atoms with Crippen LogP contribution in [0.25, 0.3) is 10.6 Å². The minimum atomic E-state index is -3.20. The Hall–Kier alpha value is -1.47. The molecule has 1 heterocycles. The first kappa shape index (κ1) is 11.0. The maximum Gasteiger partial charge on any atom is 0.232 e. The van der Waals surface area contributed by atoms with Crippen molar-refractivity contribution in [3.63, 3.8) is 0 Å². The fraction of sp³-hybridized carbons (Fsp3) is 0.111. The van der Waals surface area contributed by atoms with E-state index in [1.54, 1.807) is 24.3 Å². The van der Waals surface area contributed by atoms with E-state index in [1.165, 1.54) is 6.26 Å². The molecule has 0 aliphatic rings. The maximum absolute atomic E-state index is 11.4. The van der Waals surface area contributed by atoms with Crippen LogP contribution in [0, 0.1) is 0 Å². The average molecular weight is 255 g/mol. The first-order valence-corrected chi connectivity index (χ1v) is 7.03. The summed E-state index contributed by atoms with van der Waals surface area (Å²) >= 11 is 1.14. The van der Waals surface area contributed by atoms with Crippen LogP contribution in [0.5, 0.6) is 0 Å². The molecule has 0 unspecified atom stereocenters. The number of rotatable bonds is 2. The van der Waals surface area contributed by atoms with Gasteiger partial charge in [-0.15, -0.1) is 0 Å². The van der Waals surface area contributed by atoms with Crippen LogP contribution in [-0.2, 0) is 9.84 Å². The standard InChI is InChI=1S/C9H9N3O2S2/c1-16(13,14)7-4-2-3-6(5-7)8-11-9(10)12-15-8/h2-5H,1H3,(H2,10,12). The number of aromatic nitrogens is 2. The number of sulfone groups is 1.